The molecule has 0 aliphatic carbocycles. The van der Waals surface area contributed by atoms with Crippen molar-refractivity contribution >= 4 is 16.8 Å². The van der Waals surface area contributed by atoms with Gasteiger partial charge in [-0.25, -0.2) is 4.98 Å². The smallest absolute Gasteiger partial charge is 0.176 e. The summed E-state index contributed by atoms with van der Waals surface area (Å²) in [5.41, 5.74) is 1.96. The van der Waals surface area contributed by atoms with E-state index >= 15 is 0 Å². The number of hydrogen-bond donors (Lipinski definition) is 1. The van der Waals surface area contributed by atoms with Crippen molar-refractivity contribution in [3.05, 3.63) is 53.9 Å². The fourth-order valence-electron chi connectivity index (χ4n) is 2.92. The zero-order chi connectivity index (χ0) is 17.6. The Labute approximate surface area is 148 Å². The van der Waals surface area contributed by atoms with Gasteiger partial charge in [0.2, 0.25) is 0 Å². The van der Waals surface area contributed by atoms with E-state index in [0.29, 0.717) is 6.54 Å². The number of nitrogens with one attached hydrogen (secondary N) is 1. The number of fused-ring (bicyclic) bond motifs is 1. The number of benzene rings is 1. The Morgan fingerprint density at radius 3 is 2.64 bits per heavy atom. The van der Waals surface area contributed by atoms with Gasteiger partial charge in [-0.15, -0.1) is 0 Å². The Kier molecular flexibility index (Phi) is 5.56. The van der Waals surface area contributed by atoms with Gasteiger partial charge in [0.25, 0.3) is 0 Å². The maximum atomic E-state index is 5.90. The molecule has 0 bridgehead atoms. The van der Waals surface area contributed by atoms with E-state index in [1.54, 1.807) is 7.11 Å². The summed E-state index contributed by atoms with van der Waals surface area (Å²) in [7, 11) is 1.66. The van der Waals surface area contributed by atoms with Crippen LogP contribution < -0.4 is 15.0 Å². The Bertz CT molecular complexity index is 807. The predicted octanol–water partition coefficient (Wildman–Crippen LogP) is 3.97. The highest BCUT2D eigenvalue weighted by Gasteiger charge is 2.08. The zero-order valence-corrected chi connectivity index (χ0v) is 15.1. The van der Waals surface area contributed by atoms with Gasteiger partial charge in [-0.2, -0.15) is 0 Å². The van der Waals surface area contributed by atoms with E-state index in [2.05, 4.69) is 41.2 Å². The molecule has 0 radical (unpaired) electrons. The highest BCUT2D eigenvalue weighted by atomic mass is 16.5. The summed E-state index contributed by atoms with van der Waals surface area (Å²) in [6.07, 6.45) is 1.93. The first-order chi connectivity index (χ1) is 12.2. The number of ether oxygens (including phenoxy) is 1. The van der Waals surface area contributed by atoms with Crippen molar-refractivity contribution in [2.75, 3.05) is 25.1 Å². The van der Waals surface area contributed by atoms with E-state index in [1.165, 1.54) is 0 Å². The lowest BCUT2D eigenvalue weighted by Crippen LogP contribution is -2.23. The molecular formula is C20H25N3O2. The van der Waals surface area contributed by atoms with Crippen molar-refractivity contribution in [1.82, 2.24) is 10.3 Å². The molecule has 2 aromatic heterocycles. The normalized spacial score (nSPS) is 11.0. The molecule has 1 N–H and O–H groups in total. The van der Waals surface area contributed by atoms with Crippen LogP contribution in [0.5, 0.6) is 5.75 Å². The average Bonchev–Trinajstić information content (AvgIpc) is 3.07. The molecule has 3 aromatic rings. The minimum absolute atomic E-state index is 0.662. The number of nitrogens with zero attached hydrogens (tertiary/aromatic N) is 2. The van der Waals surface area contributed by atoms with Crippen LogP contribution in [-0.2, 0) is 13.1 Å². The van der Waals surface area contributed by atoms with Gasteiger partial charge in [-0.3, -0.25) is 0 Å². The number of hydrogen-bond acceptors (Lipinski definition) is 5. The molecule has 0 unspecified atom stereocenters. The van der Waals surface area contributed by atoms with E-state index in [-0.39, 0.29) is 0 Å². The number of para-hydroxylation sites is 1. The molecule has 0 atom stereocenters. The number of furan rings is 1. The molecule has 0 amide bonds. The van der Waals surface area contributed by atoms with Crippen LogP contribution >= 0.6 is 0 Å². The van der Waals surface area contributed by atoms with Crippen molar-refractivity contribution < 1.29 is 9.15 Å². The summed E-state index contributed by atoms with van der Waals surface area (Å²) in [6.45, 7) is 7.63. The lowest BCUT2D eigenvalue weighted by Gasteiger charge is -2.19. The van der Waals surface area contributed by atoms with Crippen LogP contribution in [0, 0.1) is 0 Å². The van der Waals surface area contributed by atoms with Crippen molar-refractivity contribution in [2.24, 2.45) is 0 Å². The SMILES string of the molecule is CCN(CC)c1ccc(CNCc2cc3cccc(OC)c3o2)cn1. The standard InChI is InChI=1S/C20H25N3O2/c1-4-23(5-2)19-10-9-15(13-22-19)12-21-14-17-11-16-7-6-8-18(24-3)20(16)25-17/h6-11,13,21H,4-5,12,14H2,1-3H3. The number of pyridine rings is 1. The van der Waals surface area contributed by atoms with Crippen molar-refractivity contribution in [2.45, 2.75) is 26.9 Å². The van der Waals surface area contributed by atoms with Gasteiger partial charge in [0, 0.05) is 31.2 Å². The van der Waals surface area contributed by atoms with E-state index < -0.39 is 0 Å². The van der Waals surface area contributed by atoms with Gasteiger partial charge < -0.3 is 19.4 Å². The fourth-order valence-corrected chi connectivity index (χ4v) is 2.92. The third-order valence-corrected chi connectivity index (χ3v) is 4.30. The molecule has 3 rings (SSSR count). The maximum absolute atomic E-state index is 5.90. The lowest BCUT2D eigenvalue weighted by atomic mass is 10.2. The first-order valence-electron chi connectivity index (χ1n) is 8.71. The van der Waals surface area contributed by atoms with Gasteiger partial charge in [-0.05, 0) is 37.6 Å². The van der Waals surface area contributed by atoms with Gasteiger partial charge in [0.05, 0.1) is 13.7 Å². The second-order valence-electron chi connectivity index (χ2n) is 5.89. The molecule has 0 fully saturated rings. The molecule has 0 aliphatic heterocycles. The molecule has 0 saturated heterocycles. The average molecular weight is 339 g/mol. The third kappa shape index (κ3) is 3.94. The number of methoxy groups -OCH3 is 1. The molecule has 5 heteroatoms. The van der Waals surface area contributed by atoms with E-state index in [1.807, 2.05) is 30.5 Å². The van der Waals surface area contributed by atoms with Crippen molar-refractivity contribution in [3.63, 3.8) is 0 Å². The van der Waals surface area contributed by atoms with Crippen molar-refractivity contribution in [1.29, 1.82) is 0 Å². The summed E-state index contributed by atoms with van der Waals surface area (Å²) in [5.74, 6) is 2.69. The summed E-state index contributed by atoms with van der Waals surface area (Å²) >= 11 is 0. The second-order valence-corrected chi connectivity index (χ2v) is 5.89. The molecular weight excluding hydrogens is 314 g/mol. The maximum Gasteiger partial charge on any atom is 0.176 e. The Balaban J connectivity index is 1.59. The van der Waals surface area contributed by atoms with Crippen LogP contribution in [0.2, 0.25) is 0 Å². The number of aromatic nitrogens is 1. The lowest BCUT2D eigenvalue weighted by molar-refractivity contribution is 0.406. The first kappa shape index (κ1) is 17.3. The highest BCUT2D eigenvalue weighted by Crippen LogP contribution is 2.28. The van der Waals surface area contributed by atoms with Gasteiger partial charge in [0.1, 0.15) is 11.6 Å². The quantitative estimate of drug-likeness (QED) is 0.673. The molecule has 2 heterocycles. The van der Waals surface area contributed by atoms with Crippen LogP contribution in [0.15, 0.2) is 47.0 Å². The van der Waals surface area contributed by atoms with Crippen molar-refractivity contribution in [3.8, 4) is 5.75 Å². The van der Waals surface area contributed by atoms with Crippen LogP contribution in [0.1, 0.15) is 25.2 Å². The van der Waals surface area contributed by atoms with Gasteiger partial charge >= 0.3 is 0 Å². The van der Waals surface area contributed by atoms with E-state index in [4.69, 9.17) is 9.15 Å². The minimum atomic E-state index is 0.662. The second kappa shape index (κ2) is 8.03. The molecule has 0 saturated carbocycles. The monoisotopic (exact) mass is 339 g/mol. The molecule has 5 nitrogen and oxygen atoms in total. The summed E-state index contributed by atoms with van der Waals surface area (Å²) in [4.78, 5) is 6.78. The Morgan fingerprint density at radius 1 is 1.12 bits per heavy atom. The predicted molar refractivity (Wildman–Crippen MR) is 101 cm³/mol. The molecule has 1 aromatic carbocycles. The number of rotatable bonds is 8. The first-order valence-corrected chi connectivity index (χ1v) is 8.71. The van der Waals surface area contributed by atoms with Crippen LogP contribution in [0.3, 0.4) is 0 Å². The molecule has 132 valence electrons. The zero-order valence-electron chi connectivity index (χ0n) is 15.1. The van der Waals surface area contributed by atoms with E-state index in [9.17, 15) is 0 Å². The Hall–Kier alpha value is -2.53. The summed E-state index contributed by atoms with van der Waals surface area (Å²) < 4.78 is 11.2. The summed E-state index contributed by atoms with van der Waals surface area (Å²) in [6, 6.07) is 12.2. The summed E-state index contributed by atoms with van der Waals surface area (Å²) in [5, 5.41) is 4.46. The minimum Gasteiger partial charge on any atom is -0.493 e. The van der Waals surface area contributed by atoms with E-state index in [0.717, 1.165) is 53.5 Å². The van der Waals surface area contributed by atoms with Gasteiger partial charge in [-0.1, -0.05) is 18.2 Å². The third-order valence-electron chi connectivity index (χ3n) is 4.30. The number of anilines is 1. The molecule has 25 heavy (non-hydrogen) atoms. The van der Waals surface area contributed by atoms with Crippen LogP contribution in [0.4, 0.5) is 5.82 Å². The topological polar surface area (TPSA) is 50.5 Å². The molecule has 0 spiro atoms. The Morgan fingerprint density at radius 2 is 1.96 bits per heavy atom. The van der Waals surface area contributed by atoms with Crippen LogP contribution in [0.25, 0.3) is 11.0 Å². The fraction of sp³-hybridized carbons (Fsp3) is 0.350. The van der Waals surface area contributed by atoms with Crippen LogP contribution in [-0.4, -0.2) is 25.2 Å². The van der Waals surface area contributed by atoms with Gasteiger partial charge in [0.15, 0.2) is 11.3 Å². The molecule has 0 aliphatic rings. The largest absolute Gasteiger partial charge is 0.493 e. The highest BCUT2D eigenvalue weighted by molar-refractivity contribution is 5.83.